The van der Waals surface area contributed by atoms with Gasteiger partial charge in [0.25, 0.3) is 0 Å². The number of piperidine rings is 1. The molecule has 0 saturated carbocycles. The van der Waals surface area contributed by atoms with Crippen molar-refractivity contribution in [2.24, 2.45) is 0 Å². The van der Waals surface area contributed by atoms with Gasteiger partial charge in [-0.2, -0.15) is 0 Å². The van der Waals surface area contributed by atoms with E-state index in [1.54, 1.807) is 30.6 Å². The summed E-state index contributed by atoms with van der Waals surface area (Å²) in [6.07, 6.45) is 5.08. The Hall–Kier alpha value is -2.67. The molecule has 1 aliphatic rings. The van der Waals surface area contributed by atoms with Gasteiger partial charge in [0.2, 0.25) is 0 Å². The van der Waals surface area contributed by atoms with Gasteiger partial charge < -0.3 is 10.2 Å². The lowest BCUT2D eigenvalue weighted by molar-refractivity contribution is 0.0478. The molecule has 0 radical (unpaired) electrons. The molecule has 1 aromatic carbocycles. The van der Waals surface area contributed by atoms with Gasteiger partial charge in [-0.05, 0) is 36.6 Å². The quantitative estimate of drug-likeness (QED) is 0.819. The number of amides is 2. The number of rotatable bonds is 5. The molecule has 2 heterocycles. The van der Waals surface area contributed by atoms with Gasteiger partial charge in [-0.1, -0.05) is 18.2 Å². The fourth-order valence-corrected chi connectivity index (χ4v) is 2.91. The lowest BCUT2D eigenvalue weighted by atomic mass is 10.0. The van der Waals surface area contributed by atoms with Gasteiger partial charge in [0.05, 0.1) is 5.69 Å². The Bertz CT molecular complexity index is 698. The number of halogens is 1. The van der Waals surface area contributed by atoms with Gasteiger partial charge in [0.1, 0.15) is 12.4 Å². The van der Waals surface area contributed by atoms with E-state index in [1.165, 1.54) is 6.07 Å². The molecule has 2 aromatic rings. The van der Waals surface area contributed by atoms with Crippen LogP contribution in [0, 0.1) is 5.82 Å². The fraction of sp³-hybridized carbons (Fsp3) is 0.333. The molecule has 1 aromatic heterocycles. The van der Waals surface area contributed by atoms with Crippen LogP contribution in [0.25, 0.3) is 0 Å². The van der Waals surface area contributed by atoms with Gasteiger partial charge >= 0.3 is 6.03 Å². The number of hydroxylamine groups is 1. The number of carbonyl (C=O) groups excluding carboxylic acids is 1. The average molecular weight is 344 g/mol. The second-order valence-corrected chi connectivity index (χ2v) is 5.96. The number of anilines is 1. The molecular formula is C18H21FN4O2. The van der Waals surface area contributed by atoms with E-state index in [-0.39, 0.29) is 18.5 Å². The first-order valence-corrected chi connectivity index (χ1v) is 8.29. The minimum absolute atomic E-state index is 0.0599. The van der Waals surface area contributed by atoms with Crippen molar-refractivity contribution in [1.29, 1.82) is 0 Å². The van der Waals surface area contributed by atoms with Crippen LogP contribution >= 0.6 is 0 Å². The normalized spacial score (nSPS) is 17.2. The van der Waals surface area contributed by atoms with E-state index in [1.807, 2.05) is 17.0 Å². The van der Waals surface area contributed by atoms with Crippen molar-refractivity contribution in [2.45, 2.75) is 25.5 Å². The van der Waals surface area contributed by atoms with Crippen LogP contribution in [-0.2, 0) is 11.4 Å². The molecule has 2 N–H and O–H groups in total. The van der Waals surface area contributed by atoms with Crippen molar-refractivity contribution in [2.75, 3.05) is 18.0 Å². The van der Waals surface area contributed by atoms with Gasteiger partial charge in [0, 0.05) is 31.5 Å². The molecule has 2 amide bonds. The van der Waals surface area contributed by atoms with Crippen molar-refractivity contribution < 1.29 is 14.0 Å². The van der Waals surface area contributed by atoms with E-state index in [0.717, 1.165) is 24.9 Å². The van der Waals surface area contributed by atoms with Crippen LogP contribution in [0.15, 0.2) is 48.8 Å². The van der Waals surface area contributed by atoms with Gasteiger partial charge in [0.15, 0.2) is 0 Å². The van der Waals surface area contributed by atoms with Gasteiger partial charge in [-0.15, -0.1) is 0 Å². The number of pyridine rings is 1. The smallest absolute Gasteiger partial charge is 0.338 e. The summed E-state index contributed by atoms with van der Waals surface area (Å²) in [6, 6.07) is 9.90. The van der Waals surface area contributed by atoms with Crippen LogP contribution in [0.1, 0.15) is 18.4 Å². The number of aromatic nitrogens is 1. The van der Waals surface area contributed by atoms with Crippen LogP contribution < -0.4 is 15.7 Å². The van der Waals surface area contributed by atoms with Crippen molar-refractivity contribution in [3.05, 3.63) is 60.2 Å². The molecule has 0 aliphatic carbocycles. The minimum atomic E-state index is -0.399. The number of nitrogens with zero attached hydrogens (tertiary/aromatic N) is 2. The Morgan fingerprint density at radius 2 is 2.20 bits per heavy atom. The van der Waals surface area contributed by atoms with E-state index >= 15 is 0 Å². The van der Waals surface area contributed by atoms with Crippen molar-refractivity contribution >= 4 is 11.7 Å². The highest BCUT2D eigenvalue weighted by Crippen LogP contribution is 2.22. The molecule has 1 aliphatic heterocycles. The summed E-state index contributed by atoms with van der Waals surface area (Å²) in [7, 11) is 0. The Balaban J connectivity index is 1.46. The highest BCUT2D eigenvalue weighted by molar-refractivity contribution is 5.73. The molecule has 1 unspecified atom stereocenters. The lowest BCUT2D eigenvalue weighted by Gasteiger charge is -2.34. The first kappa shape index (κ1) is 17.2. The van der Waals surface area contributed by atoms with Crippen LogP contribution in [0.5, 0.6) is 0 Å². The molecule has 0 spiro atoms. The Morgan fingerprint density at radius 3 is 3.00 bits per heavy atom. The molecular weight excluding hydrogens is 323 g/mol. The van der Waals surface area contributed by atoms with E-state index in [0.29, 0.717) is 12.2 Å². The van der Waals surface area contributed by atoms with E-state index in [9.17, 15) is 9.18 Å². The van der Waals surface area contributed by atoms with E-state index in [2.05, 4.69) is 15.8 Å². The Labute approximate surface area is 146 Å². The summed E-state index contributed by atoms with van der Waals surface area (Å²) in [6.45, 7) is 1.59. The second kappa shape index (κ2) is 8.43. The van der Waals surface area contributed by atoms with Crippen LogP contribution in [0.4, 0.5) is 14.9 Å². The zero-order valence-electron chi connectivity index (χ0n) is 13.8. The maximum absolute atomic E-state index is 13.9. The van der Waals surface area contributed by atoms with Crippen molar-refractivity contribution in [1.82, 2.24) is 15.8 Å². The zero-order chi connectivity index (χ0) is 17.5. The van der Waals surface area contributed by atoms with Crippen molar-refractivity contribution in [3.63, 3.8) is 0 Å². The summed E-state index contributed by atoms with van der Waals surface area (Å²) < 4.78 is 13.9. The number of carbonyl (C=O) groups is 1. The molecule has 7 heteroatoms. The third-order valence-electron chi connectivity index (χ3n) is 4.08. The molecule has 6 nitrogen and oxygen atoms in total. The third kappa shape index (κ3) is 4.90. The van der Waals surface area contributed by atoms with Crippen LogP contribution in [0.3, 0.4) is 0 Å². The molecule has 3 rings (SSSR count). The largest absolute Gasteiger partial charge is 0.367 e. The number of hydrogen-bond donors (Lipinski definition) is 2. The van der Waals surface area contributed by atoms with Crippen LogP contribution in [0.2, 0.25) is 0 Å². The SMILES string of the molecule is O=C(NOCc1cccnc1)NC1CCCN(c2ccccc2F)C1. The first-order chi connectivity index (χ1) is 12.2. The third-order valence-corrected chi connectivity index (χ3v) is 4.08. The minimum Gasteiger partial charge on any atom is -0.367 e. The Morgan fingerprint density at radius 1 is 1.32 bits per heavy atom. The number of para-hydroxylation sites is 1. The number of benzene rings is 1. The first-order valence-electron chi connectivity index (χ1n) is 8.29. The van der Waals surface area contributed by atoms with Crippen molar-refractivity contribution in [3.8, 4) is 0 Å². The Kier molecular flexibility index (Phi) is 5.79. The zero-order valence-corrected chi connectivity index (χ0v) is 13.8. The summed E-state index contributed by atoms with van der Waals surface area (Å²) in [5, 5.41) is 2.87. The maximum atomic E-state index is 13.9. The maximum Gasteiger partial charge on any atom is 0.338 e. The summed E-state index contributed by atoms with van der Waals surface area (Å²) in [4.78, 5) is 23.1. The molecule has 132 valence electrons. The number of nitrogens with one attached hydrogen (secondary N) is 2. The number of hydrogen-bond acceptors (Lipinski definition) is 4. The highest BCUT2D eigenvalue weighted by Gasteiger charge is 2.23. The summed E-state index contributed by atoms with van der Waals surface area (Å²) >= 11 is 0. The molecule has 1 atom stereocenters. The molecule has 0 bridgehead atoms. The van der Waals surface area contributed by atoms with E-state index in [4.69, 9.17) is 4.84 Å². The standard InChI is InChI=1S/C18H21FN4O2/c19-16-7-1-2-8-17(16)23-10-4-6-15(12-23)21-18(24)22-25-13-14-5-3-9-20-11-14/h1-3,5,7-9,11,15H,4,6,10,12-13H2,(H2,21,22,24). The highest BCUT2D eigenvalue weighted by atomic mass is 19.1. The monoisotopic (exact) mass is 344 g/mol. The lowest BCUT2D eigenvalue weighted by Crippen LogP contribution is -2.50. The fourth-order valence-electron chi connectivity index (χ4n) is 2.91. The topological polar surface area (TPSA) is 66.5 Å². The predicted octanol–water partition coefficient (Wildman–Crippen LogP) is 2.62. The second-order valence-electron chi connectivity index (χ2n) is 5.96. The summed E-state index contributed by atoms with van der Waals surface area (Å²) in [5.74, 6) is -0.243. The molecule has 1 fully saturated rings. The molecule has 1 saturated heterocycles. The average Bonchev–Trinajstić information content (AvgIpc) is 2.63. The van der Waals surface area contributed by atoms with Crippen LogP contribution in [-0.4, -0.2) is 30.1 Å². The predicted molar refractivity (Wildman–Crippen MR) is 92.3 cm³/mol. The molecule has 25 heavy (non-hydrogen) atoms. The number of urea groups is 1. The van der Waals surface area contributed by atoms with E-state index < -0.39 is 6.03 Å². The van der Waals surface area contributed by atoms with Gasteiger partial charge in [-0.3, -0.25) is 9.82 Å². The van der Waals surface area contributed by atoms with Gasteiger partial charge in [-0.25, -0.2) is 14.7 Å². The summed E-state index contributed by atoms with van der Waals surface area (Å²) in [5.41, 5.74) is 3.81.